The minimum absolute atomic E-state index is 0.190. The van der Waals surface area contributed by atoms with Crippen LogP contribution in [0.4, 0.5) is 4.79 Å². The van der Waals surface area contributed by atoms with E-state index in [9.17, 15) is 9.59 Å². The average molecular weight is 360 g/mol. The molecule has 0 bridgehead atoms. The molecule has 1 aliphatic rings. The zero-order valence-electron chi connectivity index (χ0n) is 11.5. The Morgan fingerprint density at radius 1 is 1.35 bits per heavy atom. The summed E-state index contributed by atoms with van der Waals surface area (Å²) in [4.78, 5) is 25.6. The van der Waals surface area contributed by atoms with Gasteiger partial charge in [-0.15, -0.1) is 0 Å². The van der Waals surface area contributed by atoms with Crippen LogP contribution in [0.15, 0.2) is 22.7 Å². The maximum Gasteiger partial charge on any atom is 0.325 e. The van der Waals surface area contributed by atoms with Gasteiger partial charge in [0.25, 0.3) is 5.91 Å². The van der Waals surface area contributed by atoms with Crippen molar-refractivity contribution < 1.29 is 9.59 Å². The number of hydrogen-bond donors (Lipinski definition) is 1. The summed E-state index contributed by atoms with van der Waals surface area (Å²) in [6.45, 7) is 6.02. The monoisotopic (exact) mass is 358 g/mol. The van der Waals surface area contributed by atoms with Crippen LogP contribution in [-0.4, -0.2) is 22.9 Å². The van der Waals surface area contributed by atoms with Crippen molar-refractivity contribution in [2.75, 3.05) is 0 Å². The number of carbonyl (C=O) groups excluding carboxylic acids is 2. The summed E-state index contributed by atoms with van der Waals surface area (Å²) >= 11 is 9.28. The third kappa shape index (κ3) is 2.99. The Kier molecular flexibility index (Phi) is 4.12. The van der Waals surface area contributed by atoms with E-state index in [1.807, 2.05) is 20.8 Å². The van der Waals surface area contributed by atoms with Gasteiger partial charge in [0.15, 0.2) is 0 Å². The van der Waals surface area contributed by atoms with Crippen LogP contribution in [0.3, 0.4) is 0 Å². The second-order valence-corrected chi connectivity index (χ2v) is 7.20. The van der Waals surface area contributed by atoms with Crippen LogP contribution in [0.1, 0.15) is 26.3 Å². The first-order chi connectivity index (χ1) is 9.20. The zero-order valence-corrected chi connectivity index (χ0v) is 13.9. The summed E-state index contributed by atoms with van der Waals surface area (Å²) in [5, 5.41) is 3.34. The number of amides is 3. The lowest BCUT2D eigenvalue weighted by molar-refractivity contribution is -0.129. The number of hydrogen-bond acceptors (Lipinski definition) is 2. The van der Waals surface area contributed by atoms with Gasteiger partial charge < -0.3 is 5.32 Å². The molecule has 1 saturated heterocycles. The Bertz CT molecular complexity index is 569. The number of halogens is 2. The van der Waals surface area contributed by atoms with Gasteiger partial charge in [-0.1, -0.05) is 54.4 Å². The zero-order chi connectivity index (χ0) is 15.1. The summed E-state index contributed by atoms with van der Waals surface area (Å²) in [6.07, 6.45) is 0. The van der Waals surface area contributed by atoms with Crippen LogP contribution < -0.4 is 5.32 Å². The lowest BCUT2D eigenvalue weighted by atomic mass is 9.87. The van der Waals surface area contributed by atoms with E-state index in [2.05, 4.69) is 21.2 Å². The molecule has 1 aliphatic heterocycles. The van der Waals surface area contributed by atoms with Gasteiger partial charge in [0.1, 0.15) is 6.04 Å². The minimum atomic E-state index is -0.485. The van der Waals surface area contributed by atoms with E-state index in [1.54, 1.807) is 18.2 Å². The van der Waals surface area contributed by atoms with Gasteiger partial charge in [0.05, 0.1) is 6.54 Å². The SMILES string of the molecule is CC(C)(C)[C@H]1NC(=O)N(Cc2ccc(Cl)cc2Br)C1=O. The second-order valence-electron chi connectivity index (χ2n) is 5.91. The number of rotatable bonds is 2. The van der Waals surface area contributed by atoms with Gasteiger partial charge in [-0.25, -0.2) is 4.79 Å². The van der Waals surface area contributed by atoms with E-state index in [1.165, 1.54) is 4.90 Å². The number of benzene rings is 1. The van der Waals surface area contributed by atoms with Crippen LogP contribution in [0.5, 0.6) is 0 Å². The molecule has 0 spiro atoms. The van der Waals surface area contributed by atoms with E-state index in [4.69, 9.17) is 11.6 Å². The number of imide groups is 1. The van der Waals surface area contributed by atoms with E-state index in [0.29, 0.717) is 5.02 Å². The molecule has 3 amide bonds. The third-order valence-electron chi connectivity index (χ3n) is 3.24. The maximum atomic E-state index is 12.3. The third-order valence-corrected chi connectivity index (χ3v) is 4.21. The van der Waals surface area contributed by atoms with E-state index in [-0.39, 0.29) is 23.9 Å². The van der Waals surface area contributed by atoms with Crippen molar-refractivity contribution in [3.63, 3.8) is 0 Å². The molecule has 1 aromatic carbocycles. The number of nitrogens with zero attached hydrogens (tertiary/aromatic N) is 1. The summed E-state index contributed by atoms with van der Waals surface area (Å²) in [5.74, 6) is -0.190. The smallest absolute Gasteiger partial charge is 0.325 e. The molecular formula is C14H16BrClN2O2. The first kappa shape index (κ1) is 15.3. The number of nitrogens with one attached hydrogen (secondary N) is 1. The highest BCUT2D eigenvalue weighted by Gasteiger charge is 2.44. The Morgan fingerprint density at radius 2 is 2.00 bits per heavy atom. The molecule has 20 heavy (non-hydrogen) atoms. The normalized spacial score (nSPS) is 19.4. The fourth-order valence-electron chi connectivity index (χ4n) is 2.08. The van der Waals surface area contributed by atoms with Crippen LogP contribution >= 0.6 is 27.5 Å². The highest BCUT2D eigenvalue weighted by atomic mass is 79.9. The van der Waals surface area contributed by atoms with Crippen LogP contribution in [0, 0.1) is 5.41 Å². The summed E-state index contributed by atoms with van der Waals surface area (Å²) in [5.41, 5.74) is 0.533. The number of urea groups is 1. The van der Waals surface area contributed by atoms with Gasteiger partial charge in [-0.3, -0.25) is 9.69 Å². The number of carbonyl (C=O) groups is 2. The molecule has 1 atom stereocenters. The molecule has 2 rings (SSSR count). The Hall–Kier alpha value is -1.07. The molecule has 1 aromatic rings. The minimum Gasteiger partial charge on any atom is -0.325 e. The second kappa shape index (κ2) is 5.37. The Morgan fingerprint density at radius 3 is 2.50 bits per heavy atom. The fourth-order valence-corrected chi connectivity index (χ4v) is 2.88. The quantitative estimate of drug-likeness (QED) is 0.821. The fraction of sp³-hybridized carbons (Fsp3) is 0.429. The molecule has 0 unspecified atom stereocenters. The Balaban J connectivity index is 2.22. The molecular weight excluding hydrogens is 344 g/mol. The van der Waals surface area contributed by atoms with Gasteiger partial charge in [0, 0.05) is 9.50 Å². The van der Waals surface area contributed by atoms with Crippen molar-refractivity contribution in [3.8, 4) is 0 Å². The summed E-state index contributed by atoms with van der Waals surface area (Å²) in [6, 6.07) is 4.45. The van der Waals surface area contributed by atoms with E-state index >= 15 is 0 Å². The van der Waals surface area contributed by atoms with Crippen molar-refractivity contribution in [3.05, 3.63) is 33.3 Å². The molecule has 4 nitrogen and oxygen atoms in total. The van der Waals surface area contributed by atoms with Gasteiger partial charge in [-0.05, 0) is 23.1 Å². The molecule has 1 heterocycles. The first-order valence-electron chi connectivity index (χ1n) is 6.26. The van der Waals surface area contributed by atoms with Crippen LogP contribution in [0.2, 0.25) is 5.02 Å². The molecule has 108 valence electrons. The predicted molar refractivity (Wildman–Crippen MR) is 81.5 cm³/mol. The molecule has 1 fully saturated rings. The molecule has 0 radical (unpaired) electrons. The average Bonchev–Trinajstić information content (AvgIpc) is 2.59. The molecule has 0 aromatic heterocycles. The van der Waals surface area contributed by atoms with Crippen molar-refractivity contribution in [2.45, 2.75) is 33.4 Å². The standard InChI is InChI=1S/C14H16BrClN2O2/c1-14(2,3)11-12(19)18(13(20)17-11)7-8-4-5-9(16)6-10(8)15/h4-6,11H,7H2,1-3H3,(H,17,20)/t11-/m0/s1. The predicted octanol–water partition coefficient (Wildman–Crippen LogP) is 3.57. The summed E-state index contributed by atoms with van der Waals surface area (Å²) < 4.78 is 0.782. The maximum absolute atomic E-state index is 12.3. The highest BCUT2D eigenvalue weighted by Crippen LogP contribution is 2.28. The van der Waals surface area contributed by atoms with Crippen molar-refractivity contribution in [1.82, 2.24) is 10.2 Å². The lowest BCUT2D eigenvalue weighted by Gasteiger charge is -2.24. The van der Waals surface area contributed by atoms with Crippen LogP contribution in [-0.2, 0) is 11.3 Å². The van der Waals surface area contributed by atoms with Gasteiger partial charge in [0.2, 0.25) is 0 Å². The first-order valence-corrected chi connectivity index (χ1v) is 7.43. The lowest BCUT2D eigenvalue weighted by Crippen LogP contribution is -2.41. The molecule has 6 heteroatoms. The molecule has 1 N–H and O–H groups in total. The summed E-state index contributed by atoms with van der Waals surface area (Å²) in [7, 11) is 0. The molecule has 0 saturated carbocycles. The highest BCUT2D eigenvalue weighted by molar-refractivity contribution is 9.10. The Labute approximate surface area is 131 Å². The van der Waals surface area contributed by atoms with Crippen molar-refractivity contribution in [1.29, 1.82) is 0 Å². The van der Waals surface area contributed by atoms with Crippen LogP contribution in [0.25, 0.3) is 0 Å². The van der Waals surface area contributed by atoms with Gasteiger partial charge in [-0.2, -0.15) is 0 Å². The molecule has 0 aliphatic carbocycles. The van der Waals surface area contributed by atoms with E-state index < -0.39 is 6.04 Å². The largest absolute Gasteiger partial charge is 0.325 e. The topological polar surface area (TPSA) is 49.4 Å². The van der Waals surface area contributed by atoms with Crippen molar-refractivity contribution in [2.24, 2.45) is 5.41 Å². The van der Waals surface area contributed by atoms with E-state index in [0.717, 1.165) is 10.0 Å². The van der Waals surface area contributed by atoms with Crippen molar-refractivity contribution >= 4 is 39.5 Å². The van der Waals surface area contributed by atoms with Gasteiger partial charge >= 0.3 is 6.03 Å².